The van der Waals surface area contributed by atoms with Gasteiger partial charge in [-0.1, -0.05) is 23.8 Å². The monoisotopic (exact) mass is 335 g/mol. The van der Waals surface area contributed by atoms with Gasteiger partial charge in [0.25, 0.3) is 0 Å². The number of carbonyl (C=O) groups is 1. The third kappa shape index (κ3) is 2.34. The van der Waals surface area contributed by atoms with Crippen LogP contribution in [0.2, 0.25) is 0 Å². The number of hydrogen-bond acceptors (Lipinski definition) is 3. The predicted octanol–water partition coefficient (Wildman–Crippen LogP) is 3.80. The highest BCUT2D eigenvalue weighted by Gasteiger charge is 2.17. The van der Waals surface area contributed by atoms with Gasteiger partial charge in [0, 0.05) is 9.92 Å². The van der Waals surface area contributed by atoms with Gasteiger partial charge in [-0.2, -0.15) is 0 Å². The van der Waals surface area contributed by atoms with E-state index in [0.29, 0.717) is 5.56 Å². The molecule has 0 atom stereocenters. The fourth-order valence-corrected chi connectivity index (χ4v) is 4.33. The van der Waals surface area contributed by atoms with Gasteiger partial charge in [-0.15, -0.1) is 11.3 Å². The van der Waals surface area contributed by atoms with Crippen molar-refractivity contribution < 1.29 is 9.90 Å². The molecule has 0 bridgehead atoms. The van der Waals surface area contributed by atoms with E-state index in [4.69, 9.17) is 4.98 Å². The molecule has 0 aliphatic heterocycles. The molecule has 3 nitrogen and oxygen atoms in total. The van der Waals surface area contributed by atoms with Gasteiger partial charge in [0.1, 0.15) is 0 Å². The van der Waals surface area contributed by atoms with Gasteiger partial charge >= 0.3 is 5.97 Å². The Hall–Kier alpha value is -2.46. The number of thiophene rings is 1. The zero-order chi connectivity index (χ0) is 16.8. The van der Waals surface area contributed by atoms with Gasteiger partial charge in [0.05, 0.1) is 21.5 Å². The first kappa shape index (κ1) is 15.1. The van der Waals surface area contributed by atoms with Crippen molar-refractivity contribution in [1.82, 2.24) is 4.98 Å². The Kier molecular flexibility index (Phi) is 3.50. The molecule has 4 rings (SSSR count). The lowest BCUT2D eigenvalue weighted by Crippen LogP contribution is -2.39. The molecule has 0 saturated carbocycles. The van der Waals surface area contributed by atoms with Crippen LogP contribution in [-0.4, -0.2) is 16.1 Å². The first-order valence-electron chi connectivity index (χ1n) is 7.97. The van der Waals surface area contributed by atoms with Crippen LogP contribution in [0.4, 0.5) is 0 Å². The highest BCUT2D eigenvalue weighted by molar-refractivity contribution is 7.22. The van der Waals surface area contributed by atoms with Gasteiger partial charge in [-0.3, -0.25) is 0 Å². The van der Waals surface area contributed by atoms with Crippen LogP contribution in [0, 0.1) is 0 Å². The lowest BCUT2D eigenvalue weighted by molar-refractivity contribution is 0.0695. The number of pyridine rings is 1. The van der Waals surface area contributed by atoms with Crippen LogP contribution in [0.15, 0.2) is 36.4 Å². The largest absolute Gasteiger partial charge is 0.478 e. The standard InChI is InChI=1S/C20H17NO2S/c1-11-7-8-12(2)19-18(11)14(20(22)23)10-15(21-19)17-9-13-5-3-4-6-16(13)24-17/h3-6,9-10H,7-8H2,1-2H3,(H,22,23). The van der Waals surface area contributed by atoms with Crippen LogP contribution in [0.3, 0.4) is 0 Å². The van der Waals surface area contributed by atoms with Crippen molar-refractivity contribution in [1.29, 1.82) is 0 Å². The molecule has 1 N–H and O–H groups in total. The number of hydrogen-bond donors (Lipinski definition) is 1. The Morgan fingerprint density at radius 3 is 2.62 bits per heavy atom. The van der Waals surface area contributed by atoms with E-state index in [0.717, 1.165) is 44.9 Å². The lowest BCUT2D eigenvalue weighted by Gasteiger charge is -2.13. The van der Waals surface area contributed by atoms with E-state index in [2.05, 4.69) is 25.1 Å². The number of carboxylic acid groups (broad SMARTS) is 1. The van der Waals surface area contributed by atoms with E-state index in [-0.39, 0.29) is 0 Å². The van der Waals surface area contributed by atoms with Gasteiger partial charge in [-0.25, -0.2) is 9.78 Å². The van der Waals surface area contributed by atoms with Crippen molar-refractivity contribution in [2.75, 3.05) is 0 Å². The summed E-state index contributed by atoms with van der Waals surface area (Å²) in [4.78, 5) is 17.7. The van der Waals surface area contributed by atoms with Gasteiger partial charge < -0.3 is 5.11 Å². The van der Waals surface area contributed by atoms with Crippen LogP contribution < -0.4 is 10.6 Å². The van der Waals surface area contributed by atoms with Gasteiger partial charge in [-0.05, 0) is 55.8 Å². The normalized spacial score (nSPS) is 14.1. The maximum atomic E-state index is 11.8. The van der Waals surface area contributed by atoms with E-state index >= 15 is 0 Å². The molecule has 0 amide bonds. The van der Waals surface area contributed by atoms with Crippen LogP contribution in [0.25, 0.3) is 31.8 Å². The second-order valence-corrected chi connectivity index (χ2v) is 7.38. The Morgan fingerprint density at radius 2 is 1.88 bits per heavy atom. The molecule has 120 valence electrons. The van der Waals surface area contributed by atoms with E-state index in [1.54, 1.807) is 17.4 Å². The van der Waals surface area contributed by atoms with Crippen molar-refractivity contribution in [3.05, 3.63) is 52.5 Å². The average molecular weight is 335 g/mol. The molecule has 1 aliphatic rings. The number of nitrogens with zero attached hydrogens (tertiary/aromatic N) is 1. The number of aromatic nitrogens is 1. The fraction of sp³-hybridized carbons (Fsp3) is 0.200. The van der Waals surface area contributed by atoms with Crippen LogP contribution in [-0.2, 0) is 0 Å². The Balaban J connectivity index is 2.07. The Morgan fingerprint density at radius 1 is 1.12 bits per heavy atom. The first-order valence-corrected chi connectivity index (χ1v) is 8.79. The molecule has 1 aliphatic carbocycles. The summed E-state index contributed by atoms with van der Waals surface area (Å²) in [5.74, 6) is -0.884. The van der Waals surface area contributed by atoms with E-state index < -0.39 is 5.97 Å². The zero-order valence-electron chi connectivity index (χ0n) is 13.6. The Bertz CT molecular complexity index is 1080. The maximum Gasteiger partial charge on any atom is 0.336 e. The third-order valence-corrected chi connectivity index (χ3v) is 5.77. The van der Waals surface area contributed by atoms with Crippen molar-refractivity contribution in [2.24, 2.45) is 0 Å². The molecular formula is C20H17NO2S. The minimum Gasteiger partial charge on any atom is -0.478 e. The minimum atomic E-state index is -0.884. The zero-order valence-corrected chi connectivity index (χ0v) is 14.4. The predicted molar refractivity (Wildman–Crippen MR) is 98.7 cm³/mol. The van der Waals surface area contributed by atoms with Crippen molar-refractivity contribution in [3.63, 3.8) is 0 Å². The van der Waals surface area contributed by atoms with E-state index in [1.165, 1.54) is 10.3 Å². The van der Waals surface area contributed by atoms with Crippen molar-refractivity contribution >= 4 is 38.5 Å². The second-order valence-electron chi connectivity index (χ2n) is 6.29. The molecule has 0 radical (unpaired) electrons. The second kappa shape index (κ2) is 5.56. The smallest absolute Gasteiger partial charge is 0.336 e. The van der Waals surface area contributed by atoms with E-state index in [9.17, 15) is 9.90 Å². The molecular weight excluding hydrogens is 318 g/mol. The molecule has 0 unspecified atom stereocenters. The SMILES string of the molecule is CC1=c2nc(-c3cc4ccccc4s3)cc(C(=O)O)c2=C(C)CC1. The summed E-state index contributed by atoms with van der Waals surface area (Å²) in [5.41, 5.74) is 3.40. The van der Waals surface area contributed by atoms with Crippen LogP contribution in [0.1, 0.15) is 37.0 Å². The first-order chi connectivity index (χ1) is 11.5. The lowest BCUT2D eigenvalue weighted by atomic mass is 9.95. The number of aromatic carboxylic acids is 1. The molecule has 2 heterocycles. The molecule has 0 saturated heterocycles. The summed E-state index contributed by atoms with van der Waals surface area (Å²) in [7, 11) is 0. The third-order valence-electron chi connectivity index (χ3n) is 4.63. The summed E-state index contributed by atoms with van der Waals surface area (Å²) in [6, 6.07) is 12.0. The average Bonchev–Trinajstić information content (AvgIpc) is 3.01. The summed E-state index contributed by atoms with van der Waals surface area (Å²) >= 11 is 1.65. The topological polar surface area (TPSA) is 50.2 Å². The van der Waals surface area contributed by atoms with Crippen LogP contribution in [0.5, 0.6) is 0 Å². The van der Waals surface area contributed by atoms with Crippen molar-refractivity contribution in [3.8, 4) is 10.6 Å². The molecule has 1 aromatic carbocycles. The number of fused-ring (bicyclic) bond motifs is 2. The molecule has 2 aromatic heterocycles. The number of carboxylic acids is 1. The summed E-state index contributed by atoms with van der Waals surface area (Å²) in [6.45, 7) is 4.07. The molecule has 3 aromatic rings. The quantitative estimate of drug-likeness (QED) is 0.775. The molecule has 24 heavy (non-hydrogen) atoms. The van der Waals surface area contributed by atoms with Gasteiger partial charge in [0.15, 0.2) is 0 Å². The van der Waals surface area contributed by atoms with E-state index in [1.807, 2.05) is 19.1 Å². The fourth-order valence-electron chi connectivity index (χ4n) is 3.31. The number of rotatable bonds is 2. The summed E-state index contributed by atoms with van der Waals surface area (Å²) < 4.78 is 1.19. The van der Waals surface area contributed by atoms with Crippen molar-refractivity contribution in [2.45, 2.75) is 26.7 Å². The number of benzene rings is 1. The minimum absolute atomic E-state index is 0.365. The molecule has 0 spiro atoms. The summed E-state index contributed by atoms with van der Waals surface area (Å²) in [6.07, 6.45) is 1.85. The highest BCUT2D eigenvalue weighted by atomic mass is 32.1. The summed E-state index contributed by atoms with van der Waals surface area (Å²) in [5, 5.41) is 12.5. The highest BCUT2D eigenvalue weighted by Crippen LogP contribution is 2.32. The molecule has 0 fully saturated rings. The molecule has 4 heteroatoms. The Labute approximate surface area is 143 Å². The van der Waals surface area contributed by atoms with Gasteiger partial charge in [0.2, 0.25) is 0 Å². The van der Waals surface area contributed by atoms with Crippen LogP contribution >= 0.6 is 11.3 Å². The maximum absolute atomic E-state index is 11.8.